The van der Waals surface area contributed by atoms with Gasteiger partial charge in [0.15, 0.2) is 11.6 Å². The van der Waals surface area contributed by atoms with Crippen molar-refractivity contribution in [2.45, 2.75) is 6.92 Å². The molecule has 0 radical (unpaired) electrons. The van der Waals surface area contributed by atoms with Gasteiger partial charge >= 0.3 is 0 Å². The molecule has 4 rings (SSSR count). The zero-order valence-corrected chi connectivity index (χ0v) is 16.3. The smallest absolute Gasteiger partial charge is 0.259 e. The van der Waals surface area contributed by atoms with E-state index in [0.717, 1.165) is 0 Å². The lowest BCUT2D eigenvalue weighted by Gasteiger charge is -2.13. The van der Waals surface area contributed by atoms with E-state index >= 15 is 0 Å². The van der Waals surface area contributed by atoms with E-state index in [0.29, 0.717) is 39.3 Å². The molecule has 0 bridgehead atoms. The van der Waals surface area contributed by atoms with Crippen molar-refractivity contribution in [3.05, 3.63) is 95.4 Å². The second-order valence-electron chi connectivity index (χ2n) is 6.25. The lowest BCUT2D eigenvalue weighted by Crippen LogP contribution is -2.14. The molecule has 1 amide bonds. The SMILES string of the molecule is Cc1c(C(=O)Nc2cc(Cl)ccc2Oc2ccccc2)cnn1-c1ccccn1. The quantitative estimate of drug-likeness (QED) is 0.491. The Bertz CT molecular complexity index is 1140. The van der Waals surface area contributed by atoms with E-state index in [2.05, 4.69) is 15.4 Å². The molecule has 29 heavy (non-hydrogen) atoms. The van der Waals surface area contributed by atoms with Crippen LogP contribution < -0.4 is 10.1 Å². The maximum absolute atomic E-state index is 12.9. The molecule has 0 aliphatic carbocycles. The average molecular weight is 405 g/mol. The minimum absolute atomic E-state index is 0.315. The van der Waals surface area contributed by atoms with E-state index in [1.165, 1.54) is 6.20 Å². The molecule has 0 unspecified atom stereocenters. The predicted octanol–water partition coefficient (Wildman–Crippen LogP) is 5.27. The summed E-state index contributed by atoms with van der Waals surface area (Å²) in [6.07, 6.45) is 3.19. The monoisotopic (exact) mass is 404 g/mol. The Morgan fingerprint density at radius 2 is 1.86 bits per heavy atom. The molecule has 4 aromatic rings. The van der Waals surface area contributed by atoms with E-state index in [4.69, 9.17) is 16.3 Å². The third-order valence-corrected chi connectivity index (χ3v) is 4.52. The number of carbonyl (C=O) groups is 1. The van der Waals surface area contributed by atoms with Crippen LogP contribution in [0.4, 0.5) is 5.69 Å². The first-order valence-electron chi connectivity index (χ1n) is 8.91. The number of anilines is 1. The van der Waals surface area contributed by atoms with Crippen molar-refractivity contribution in [3.8, 4) is 17.3 Å². The largest absolute Gasteiger partial charge is 0.455 e. The molecule has 2 aromatic heterocycles. The van der Waals surface area contributed by atoms with Crippen LogP contribution in [0.3, 0.4) is 0 Å². The van der Waals surface area contributed by atoms with Crippen LogP contribution in [0, 0.1) is 6.92 Å². The van der Waals surface area contributed by atoms with Crippen LogP contribution in [0.25, 0.3) is 5.82 Å². The number of halogens is 1. The van der Waals surface area contributed by atoms with Crippen LogP contribution in [-0.2, 0) is 0 Å². The summed E-state index contributed by atoms with van der Waals surface area (Å²) >= 11 is 6.13. The molecule has 6 nitrogen and oxygen atoms in total. The van der Waals surface area contributed by atoms with Gasteiger partial charge in [-0.1, -0.05) is 35.9 Å². The molecule has 2 aromatic carbocycles. The van der Waals surface area contributed by atoms with Gasteiger partial charge in [-0.25, -0.2) is 9.67 Å². The molecule has 144 valence electrons. The summed E-state index contributed by atoms with van der Waals surface area (Å²) in [5.74, 6) is 1.47. The zero-order valence-electron chi connectivity index (χ0n) is 15.5. The number of hydrogen-bond acceptors (Lipinski definition) is 4. The highest BCUT2D eigenvalue weighted by Crippen LogP contribution is 2.32. The van der Waals surface area contributed by atoms with Gasteiger partial charge in [-0.3, -0.25) is 4.79 Å². The van der Waals surface area contributed by atoms with Gasteiger partial charge in [-0.05, 0) is 49.4 Å². The maximum atomic E-state index is 12.9. The van der Waals surface area contributed by atoms with Gasteiger partial charge in [0.1, 0.15) is 5.75 Å². The fourth-order valence-electron chi connectivity index (χ4n) is 2.84. The Hall–Kier alpha value is -3.64. The first kappa shape index (κ1) is 18.7. The summed E-state index contributed by atoms with van der Waals surface area (Å²) < 4.78 is 7.52. The molecule has 0 aliphatic rings. The van der Waals surface area contributed by atoms with Crippen molar-refractivity contribution in [2.75, 3.05) is 5.32 Å². The standard InChI is InChI=1S/C22H17ClN4O2/c1-15-18(14-25-27(15)21-9-5-6-12-24-21)22(28)26-19-13-16(23)10-11-20(19)29-17-7-3-2-4-8-17/h2-14H,1H3,(H,26,28). The fraction of sp³-hybridized carbons (Fsp3) is 0.0455. The molecule has 0 saturated carbocycles. The zero-order chi connectivity index (χ0) is 20.2. The predicted molar refractivity (Wildman–Crippen MR) is 112 cm³/mol. The topological polar surface area (TPSA) is 69.0 Å². The van der Waals surface area contributed by atoms with E-state index in [-0.39, 0.29) is 5.91 Å². The van der Waals surface area contributed by atoms with E-state index < -0.39 is 0 Å². The van der Waals surface area contributed by atoms with Crippen LogP contribution in [0.15, 0.2) is 79.1 Å². The van der Waals surface area contributed by atoms with Gasteiger partial charge in [0.2, 0.25) is 0 Å². The molecule has 0 saturated heterocycles. The molecular formula is C22H17ClN4O2. The number of amides is 1. The third-order valence-electron chi connectivity index (χ3n) is 4.28. The van der Waals surface area contributed by atoms with E-state index in [1.807, 2.05) is 55.5 Å². The summed E-state index contributed by atoms with van der Waals surface area (Å²) in [6.45, 7) is 1.82. The Morgan fingerprint density at radius 3 is 2.62 bits per heavy atom. The average Bonchev–Trinajstić information content (AvgIpc) is 3.13. The van der Waals surface area contributed by atoms with Gasteiger partial charge in [0, 0.05) is 11.2 Å². The maximum Gasteiger partial charge on any atom is 0.259 e. The van der Waals surface area contributed by atoms with Gasteiger partial charge in [0.25, 0.3) is 5.91 Å². The number of nitrogens with one attached hydrogen (secondary N) is 1. The van der Waals surface area contributed by atoms with Gasteiger partial charge in [-0.2, -0.15) is 5.10 Å². The van der Waals surface area contributed by atoms with Crippen molar-refractivity contribution in [1.29, 1.82) is 0 Å². The number of hydrogen-bond donors (Lipinski definition) is 1. The molecule has 0 fully saturated rings. The molecule has 2 heterocycles. The second kappa shape index (κ2) is 8.16. The Morgan fingerprint density at radius 1 is 1.07 bits per heavy atom. The number of nitrogens with zero attached hydrogens (tertiary/aromatic N) is 3. The highest BCUT2D eigenvalue weighted by atomic mass is 35.5. The molecule has 0 aliphatic heterocycles. The molecular weight excluding hydrogens is 388 g/mol. The highest BCUT2D eigenvalue weighted by Gasteiger charge is 2.18. The molecule has 0 atom stereocenters. The normalized spacial score (nSPS) is 10.6. The van der Waals surface area contributed by atoms with Crippen molar-refractivity contribution in [3.63, 3.8) is 0 Å². The molecule has 0 spiro atoms. The van der Waals surface area contributed by atoms with Crippen LogP contribution in [0.1, 0.15) is 16.1 Å². The Labute approximate surface area is 172 Å². The third kappa shape index (κ3) is 4.12. The van der Waals surface area contributed by atoms with Gasteiger partial charge in [-0.15, -0.1) is 0 Å². The van der Waals surface area contributed by atoms with E-state index in [9.17, 15) is 4.79 Å². The first-order valence-corrected chi connectivity index (χ1v) is 9.29. The number of rotatable bonds is 5. The Kier molecular flexibility index (Phi) is 5.27. The Balaban J connectivity index is 1.61. The van der Waals surface area contributed by atoms with Crippen LogP contribution >= 0.6 is 11.6 Å². The highest BCUT2D eigenvalue weighted by molar-refractivity contribution is 6.31. The van der Waals surface area contributed by atoms with Crippen molar-refractivity contribution < 1.29 is 9.53 Å². The number of benzene rings is 2. The summed E-state index contributed by atoms with van der Waals surface area (Å²) in [4.78, 5) is 17.2. The van der Waals surface area contributed by atoms with Crippen LogP contribution in [-0.4, -0.2) is 20.7 Å². The summed E-state index contributed by atoms with van der Waals surface area (Å²) in [5.41, 5.74) is 1.58. The second-order valence-corrected chi connectivity index (χ2v) is 6.69. The molecule has 7 heteroatoms. The summed E-state index contributed by atoms with van der Waals surface area (Å²) in [5, 5.41) is 7.65. The van der Waals surface area contributed by atoms with Crippen molar-refractivity contribution in [2.24, 2.45) is 0 Å². The lowest BCUT2D eigenvalue weighted by atomic mass is 10.2. The van der Waals surface area contributed by atoms with Crippen LogP contribution in [0.2, 0.25) is 5.02 Å². The first-order chi connectivity index (χ1) is 14.1. The number of para-hydroxylation sites is 1. The van der Waals surface area contributed by atoms with Gasteiger partial charge < -0.3 is 10.1 Å². The van der Waals surface area contributed by atoms with Crippen LogP contribution in [0.5, 0.6) is 11.5 Å². The summed E-state index contributed by atoms with van der Waals surface area (Å²) in [7, 11) is 0. The van der Waals surface area contributed by atoms with E-state index in [1.54, 1.807) is 29.1 Å². The number of pyridine rings is 1. The number of aromatic nitrogens is 3. The number of carbonyl (C=O) groups excluding carboxylic acids is 1. The van der Waals surface area contributed by atoms with Gasteiger partial charge in [0.05, 0.1) is 23.1 Å². The number of ether oxygens (including phenoxy) is 1. The summed E-state index contributed by atoms with van der Waals surface area (Å²) in [6, 6.07) is 19.9. The van der Waals surface area contributed by atoms with Crippen molar-refractivity contribution >= 4 is 23.2 Å². The lowest BCUT2D eigenvalue weighted by molar-refractivity contribution is 0.102. The molecule has 1 N–H and O–H groups in total. The minimum Gasteiger partial charge on any atom is -0.455 e. The fourth-order valence-corrected chi connectivity index (χ4v) is 3.01. The van der Waals surface area contributed by atoms with Crippen molar-refractivity contribution in [1.82, 2.24) is 14.8 Å². The minimum atomic E-state index is -0.315.